The van der Waals surface area contributed by atoms with Crippen molar-refractivity contribution >= 4 is 5.57 Å². The quantitative estimate of drug-likeness (QED) is 0.656. The Kier molecular flexibility index (Phi) is 4.35. The van der Waals surface area contributed by atoms with Gasteiger partial charge in [-0.3, -0.25) is 0 Å². The lowest BCUT2D eigenvalue weighted by molar-refractivity contribution is 0.722. The smallest absolute Gasteiger partial charge is 0.0190 e. The van der Waals surface area contributed by atoms with Crippen molar-refractivity contribution in [3.8, 4) is 0 Å². The summed E-state index contributed by atoms with van der Waals surface area (Å²) in [6, 6.07) is 4.69. The maximum Gasteiger partial charge on any atom is -0.0190 e. The highest BCUT2D eigenvalue weighted by atomic mass is 14.2. The van der Waals surface area contributed by atoms with Crippen LogP contribution in [0.4, 0.5) is 0 Å². The van der Waals surface area contributed by atoms with E-state index in [9.17, 15) is 0 Å². The first-order valence-electron chi connectivity index (χ1n) is 6.30. The third kappa shape index (κ3) is 2.55. The Morgan fingerprint density at radius 1 is 1.31 bits per heavy atom. The predicted octanol–water partition coefficient (Wildman–Crippen LogP) is 5.10. The van der Waals surface area contributed by atoms with Gasteiger partial charge in [0.15, 0.2) is 0 Å². The molecule has 1 unspecified atom stereocenters. The lowest BCUT2D eigenvalue weighted by Crippen LogP contribution is -2.01. The third-order valence-corrected chi connectivity index (χ3v) is 3.47. The second-order valence-corrected chi connectivity index (χ2v) is 4.81. The number of rotatable bonds is 4. The summed E-state index contributed by atoms with van der Waals surface area (Å²) in [5, 5.41) is 0. The van der Waals surface area contributed by atoms with E-state index >= 15 is 0 Å². The summed E-state index contributed by atoms with van der Waals surface area (Å²) in [5.74, 6) is 0.660. The molecule has 1 rings (SSSR count). The Balaban J connectivity index is 3.31. The van der Waals surface area contributed by atoms with E-state index in [1.54, 1.807) is 0 Å². The SMILES string of the molecule is C=C(C)c1cc(CC)c(C(C)CC)cc1C. The molecule has 0 bridgehead atoms. The molecule has 0 aliphatic rings. The van der Waals surface area contributed by atoms with Crippen molar-refractivity contribution in [1.82, 2.24) is 0 Å². The van der Waals surface area contributed by atoms with E-state index in [2.05, 4.69) is 53.3 Å². The van der Waals surface area contributed by atoms with Crippen LogP contribution >= 0.6 is 0 Å². The fourth-order valence-corrected chi connectivity index (χ4v) is 2.22. The van der Waals surface area contributed by atoms with Crippen molar-refractivity contribution in [2.75, 3.05) is 0 Å². The van der Waals surface area contributed by atoms with Crippen LogP contribution in [-0.4, -0.2) is 0 Å². The molecule has 0 heteroatoms. The zero-order valence-corrected chi connectivity index (χ0v) is 11.4. The van der Waals surface area contributed by atoms with Gasteiger partial charge in [-0.2, -0.15) is 0 Å². The van der Waals surface area contributed by atoms with Crippen molar-refractivity contribution in [2.24, 2.45) is 0 Å². The number of benzene rings is 1. The summed E-state index contributed by atoms with van der Waals surface area (Å²) in [7, 11) is 0. The molecule has 1 aromatic carbocycles. The van der Waals surface area contributed by atoms with Crippen LogP contribution in [0.1, 0.15) is 62.3 Å². The van der Waals surface area contributed by atoms with Crippen LogP contribution in [0.15, 0.2) is 18.7 Å². The van der Waals surface area contributed by atoms with Gasteiger partial charge in [-0.1, -0.05) is 45.1 Å². The molecule has 0 spiro atoms. The molecule has 16 heavy (non-hydrogen) atoms. The van der Waals surface area contributed by atoms with E-state index in [0.717, 1.165) is 6.42 Å². The summed E-state index contributed by atoms with van der Waals surface area (Å²) < 4.78 is 0. The first-order chi connectivity index (χ1) is 7.51. The largest absolute Gasteiger partial charge is 0.0955 e. The van der Waals surface area contributed by atoms with Gasteiger partial charge >= 0.3 is 0 Å². The normalized spacial score (nSPS) is 12.6. The highest BCUT2D eigenvalue weighted by molar-refractivity contribution is 5.66. The van der Waals surface area contributed by atoms with Gasteiger partial charge in [0.1, 0.15) is 0 Å². The number of aryl methyl sites for hydroxylation is 2. The molecule has 0 aromatic heterocycles. The maximum atomic E-state index is 4.06. The van der Waals surface area contributed by atoms with E-state index < -0.39 is 0 Å². The molecule has 0 nitrogen and oxygen atoms in total. The molecule has 0 fully saturated rings. The third-order valence-electron chi connectivity index (χ3n) is 3.47. The highest BCUT2D eigenvalue weighted by Crippen LogP contribution is 2.28. The molecular weight excluding hydrogens is 192 g/mol. The minimum atomic E-state index is 0.660. The predicted molar refractivity (Wildman–Crippen MR) is 74.0 cm³/mol. The fraction of sp³-hybridized carbons (Fsp3) is 0.500. The van der Waals surface area contributed by atoms with Crippen LogP contribution in [0.5, 0.6) is 0 Å². The molecule has 0 aliphatic heterocycles. The Hall–Kier alpha value is -1.04. The zero-order valence-electron chi connectivity index (χ0n) is 11.4. The van der Waals surface area contributed by atoms with Crippen LogP contribution in [0.2, 0.25) is 0 Å². The number of hydrogen-bond donors (Lipinski definition) is 0. The van der Waals surface area contributed by atoms with Crippen LogP contribution in [0.25, 0.3) is 5.57 Å². The second-order valence-electron chi connectivity index (χ2n) is 4.81. The van der Waals surface area contributed by atoms with E-state index in [1.165, 1.54) is 34.2 Å². The average molecular weight is 216 g/mol. The Bertz CT molecular complexity index is 385. The molecule has 0 aliphatic carbocycles. The van der Waals surface area contributed by atoms with Gasteiger partial charge in [0.05, 0.1) is 0 Å². The Morgan fingerprint density at radius 2 is 1.94 bits per heavy atom. The fourth-order valence-electron chi connectivity index (χ4n) is 2.22. The highest BCUT2D eigenvalue weighted by Gasteiger charge is 2.11. The molecule has 0 N–H and O–H groups in total. The van der Waals surface area contributed by atoms with E-state index in [-0.39, 0.29) is 0 Å². The monoisotopic (exact) mass is 216 g/mol. The summed E-state index contributed by atoms with van der Waals surface area (Å²) in [5.41, 5.74) is 6.86. The molecule has 0 amide bonds. The van der Waals surface area contributed by atoms with Gasteiger partial charge in [0.2, 0.25) is 0 Å². The van der Waals surface area contributed by atoms with Crippen LogP contribution in [0.3, 0.4) is 0 Å². The standard InChI is InChI=1S/C16H24/c1-7-12(5)16-9-13(6)15(11(3)4)10-14(16)8-2/h9-10,12H,3,7-8H2,1-2,4-6H3. The van der Waals surface area contributed by atoms with Gasteiger partial charge in [0, 0.05) is 0 Å². The maximum absolute atomic E-state index is 4.06. The van der Waals surface area contributed by atoms with Crippen molar-refractivity contribution in [3.63, 3.8) is 0 Å². The van der Waals surface area contributed by atoms with Crippen molar-refractivity contribution in [2.45, 2.75) is 53.4 Å². The molecule has 0 saturated carbocycles. The Labute approximate surface area is 100 Å². The van der Waals surface area contributed by atoms with Crippen LogP contribution < -0.4 is 0 Å². The van der Waals surface area contributed by atoms with E-state index in [4.69, 9.17) is 0 Å². The molecular formula is C16H24. The van der Waals surface area contributed by atoms with Crippen molar-refractivity contribution in [1.29, 1.82) is 0 Å². The lowest BCUT2D eigenvalue weighted by Gasteiger charge is -2.18. The number of allylic oxidation sites excluding steroid dienone is 1. The van der Waals surface area contributed by atoms with Crippen LogP contribution in [0, 0.1) is 6.92 Å². The molecule has 0 heterocycles. The van der Waals surface area contributed by atoms with Gasteiger partial charge in [0.25, 0.3) is 0 Å². The minimum absolute atomic E-state index is 0.660. The van der Waals surface area contributed by atoms with Gasteiger partial charge in [-0.05, 0) is 54.9 Å². The second kappa shape index (κ2) is 5.34. The zero-order chi connectivity index (χ0) is 12.3. The van der Waals surface area contributed by atoms with E-state index in [0.29, 0.717) is 5.92 Å². The first kappa shape index (κ1) is 13.0. The van der Waals surface area contributed by atoms with E-state index in [1.807, 2.05) is 0 Å². The first-order valence-corrected chi connectivity index (χ1v) is 6.30. The Morgan fingerprint density at radius 3 is 2.38 bits per heavy atom. The molecule has 0 radical (unpaired) electrons. The number of hydrogen-bond acceptors (Lipinski definition) is 0. The van der Waals surface area contributed by atoms with Gasteiger partial charge in [-0.15, -0.1) is 0 Å². The summed E-state index contributed by atoms with van der Waals surface area (Å²) in [6.45, 7) is 15.1. The molecule has 1 atom stereocenters. The van der Waals surface area contributed by atoms with Crippen molar-refractivity contribution in [3.05, 3.63) is 41.0 Å². The topological polar surface area (TPSA) is 0 Å². The average Bonchev–Trinajstić information content (AvgIpc) is 2.27. The summed E-state index contributed by atoms with van der Waals surface area (Å²) >= 11 is 0. The summed E-state index contributed by atoms with van der Waals surface area (Å²) in [4.78, 5) is 0. The minimum Gasteiger partial charge on any atom is -0.0955 e. The van der Waals surface area contributed by atoms with Gasteiger partial charge in [-0.25, -0.2) is 0 Å². The van der Waals surface area contributed by atoms with Crippen LogP contribution in [-0.2, 0) is 6.42 Å². The van der Waals surface area contributed by atoms with Gasteiger partial charge < -0.3 is 0 Å². The molecule has 88 valence electrons. The van der Waals surface area contributed by atoms with Crippen molar-refractivity contribution < 1.29 is 0 Å². The molecule has 1 aromatic rings. The summed E-state index contributed by atoms with van der Waals surface area (Å²) in [6.07, 6.45) is 2.32. The molecule has 0 saturated heterocycles. The lowest BCUT2D eigenvalue weighted by atomic mass is 9.87.